The van der Waals surface area contributed by atoms with Crippen LogP contribution in [0.2, 0.25) is 0 Å². The highest BCUT2D eigenvalue weighted by Gasteiger charge is 2.27. The topological polar surface area (TPSA) is 50.0 Å². The van der Waals surface area contributed by atoms with Crippen LogP contribution in [0.4, 0.5) is 0 Å². The van der Waals surface area contributed by atoms with Crippen molar-refractivity contribution in [3.05, 3.63) is 30.0 Å². The first-order valence-electron chi connectivity index (χ1n) is 6.51. The van der Waals surface area contributed by atoms with E-state index in [9.17, 15) is 5.26 Å². The average molecular weight is 255 g/mol. The quantitative estimate of drug-likeness (QED) is 0.913. The number of fused-ring (bicyclic) bond motifs is 1. The number of hydrogen-bond acceptors (Lipinski definition) is 3. The monoisotopic (exact) mass is 255 g/mol. The van der Waals surface area contributed by atoms with Gasteiger partial charge in [0.25, 0.3) is 0 Å². The number of nitrogens with one attached hydrogen (secondary N) is 1. The smallest absolute Gasteiger partial charge is 0.123 e. The van der Waals surface area contributed by atoms with E-state index >= 15 is 0 Å². The Labute approximate surface area is 112 Å². The van der Waals surface area contributed by atoms with E-state index in [0.29, 0.717) is 6.04 Å². The Hall–Kier alpha value is -1.99. The van der Waals surface area contributed by atoms with Crippen LogP contribution in [-0.4, -0.2) is 17.7 Å². The largest absolute Gasteiger partial charge is 0.497 e. The van der Waals surface area contributed by atoms with Crippen molar-refractivity contribution in [1.29, 1.82) is 5.26 Å². The van der Waals surface area contributed by atoms with Crippen molar-refractivity contribution in [2.75, 3.05) is 7.11 Å². The molecule has 0 amide bonds. The van der Waals surface area contributed by atoms with Crippen LogP contribution in [0.5, 0.6) is 5.75 Å². The predicted octanol–water partition coefficient (Wildman–Crippen LogP) is 2.50. The summed E-state index contributed by atoms with van der Waals surface area (Å²) in [6.45, 7) is 0. The van der Waals surface area contributed by atoms with Gasteiger partial charge in [-0.1, -0.05) is 0 Å². The summed E-state index contributed by atoms with van der Waals surface area (Å²) in [5.41, 5.74) is 2.15. The Morgan fingerprint density at radius 3 is 2.89 bits per heavy atom. The molecular weight excluding hydrogens is 238 g/mol. The minimum Gasteiger partial charge on any atom is -0.497 e. The molecule has 1 aromatic heterocycles. The second-order valence-electron chi connectivity index (χ2n) is 5.08. The normalized spacial score (nSPS) is 16.3. The summed E-state index contributed by atoms with van der Waals surface area (Å²) in [5.74, 6) is 0.822. The second-order valence-corrected chi connectivity index (χ2v) is 5.08. The highest BCUT2D eigenvalue weighted by Crippen LogP contribution is 2.31. The molecule has 1 saturated carbocycles. The Bertz CT molecular complexity index is 649. The zero-order valence-corrected chi connectivity index (χ0v) is 11.2. The van der Waals surface area contributed by atoms with Crippen molar-refractivity contribution in [1.82, 2.24) is 9.88 Å². The molecule has 19 heavy (non-hydrogen) atoms. The molecule has 1 aliphatic carbocycles. The summed E-state index contributed by atoms with van der Waals surface area (Å²) in [6, 6.07) is 8.61. The van der Waals surface area contributed by atoms with Crippen molar-refractivity contribution < 1.29 is 4.74 Å². The molecule has 1 unspecified atom stereocenters. The second kappa shape index (κ2) is 4.60. The van der Waals surface area contributed by atoms with E-state index in [-0.39, 0.29) is 6.04 Å². The lowest BCUT2D eigenvalue weighted by Gasteiger charge is -2.10. The summed E-state index contributed by atoms with van der Waals surface area (Å²) in [6.07, 6.45) is 4.38. The van der Waals surface area contributed by atoms with E-state index in [1.807, 2.05) is 31.4 Å². The third-order valence-corrected chi connectivity index (χ3v) is 3.65. The standard InChI is InChI=1S/C15H17N3O/c1-18-9-13(14(8-16)17-10-3-4-10)12-7-11(19-2)5-6-15(12)18/h5-7,9-10,14,17H,3-4H2,1-2H3. The SMILES string of the molecule is COc1ccc2c(c1)c(C(C#N)NC1CC1)cn2C. The fourth-order valence-electron chi connectivity index (χ4n) is 2.44. The fourth-order valence-corrected chi connectivity index (χ4v) is 2.44. The molecule has 1 aromatic carbocycles. The number of rotatable bonds is 4. The van der Waals surface area contributed by atoms with Crippen LogP contribution in [0.3, 0.4) is 0 Å². The Morgan fingerprint density at radius 2 is 2.26 bits per heavy atom. The minimum absolute atomic E-state index is 0.247. The summed E-state index contributed by atoms with van der Waals surface area (Å²) >= 11 is 0. The van der Waals surface area contributed by atoms with Crippen LogP contribution in [0, 0.1) is 11.3 Å². The number of aromatic nitrogens is 1. The number of methoxy groups -OCH3 is 1. The van der Waals surface area contributed by atoms with Gasteiger partial charge in [0.15, 0.2) is 0 Å². The van der Waals surface area contributed by atoms with Crippen molar-refractivity contribution in [2.45, 2.75) is 24.9 Å². The molecule has 2 aromatic rings. The molecule has 98 valence electrons. The lowest BCUT2D eigenvalue weighted by atomic mass is 10.1. The van der Waals surface area contributed by atoms with E-state index in [1.165, 1.54) is 12.8 Å². The van der Waals surface area contributed by atoms with E-state index < -0.39 is 0 Å². The van der Waals surface area contributed by atoms with Crippen LogP contribution in [-0.2, 0) is 7.05 Å². The molecule has 3 rings (SSSR count). The number of benzene rings is 1. The number of nitrogens with zero attached hydrogens (tertiary/aromatic N) is 2. The van der Waals surface area contributed by atoms with Crippen molar-refractivity contribution in [3.63, 3.8) is 0 Å². The maximum Gasteiger partial charge on any atom is 0.123 e. The zero-order valence-electron chi connectivity index (χ0n) is 11.2. The molecule has 0 radical (unpaired) electrons. The van der Waals surface area contributed by atoms with Gasteiger partial charge >= 0.3 is 0 Å². The first-order chi connectivity index (χ1) is 9.22. The lowest BCUT2D eigenvalue weighted by Crippen LogP contribution is -2.21. The number of ether oxygens (including phenoxy) is 1. The molecule has 0 spiro atoms. The Balaban J connectivity index is 2.08. The van der Waals surface area contributed by atoms with Crippen LogP contribution >= 0.6 is 0 Å². The van der Waals surface area contributed by atoms with Gasteiger partial charge in [-0.25, -0.2) is 0 Å². The maximum absolute atomic E-state index is 9.40. The van der Waals surface area contributed by atoms with Gasteiger partial charge in [-0.15, -0.1) is 0 Å². The van der Waals surface area contributed by atoms with Gasteiger partial charge in [-0.3, -0.25) is 5.32 Å². The Morgan fingerprint density at radius 1 is 1.47 bits per heavy atom. The van der Waals surface area contributed by atoms with Gasteiger partial charge in [0.05, 0.1) is 13.2 Å². The molecule has 1 N–H and O–H groups in total. The van der Waals surface area contributed by atoms with Crippen LogP contribution in [0.15, 0.2) is 24.4 Å². The predicted molar refractivity (Wildman–Crippen MR) is 74.0 cm³/mol. The molecule has 1 heterocycles. The van der Waals surface area contributed by atoms with Gasteiger partial charge in [-0.05, 0) is 31.0 Å². The van der Waals surface area contributed by atoms with Crippen molar-refractivity contribution >= 4 is 10.9 Å². The average Bonchev–Trinajstić information content (AvgIpc) is 3.20. The summed E-state index contributed by atoms with van der Waals surface area (Å²) in [4.78, 5) is 0. The first kappa shape index (κ1) is 12.1. The molecule has 0 bridgehead atoms. The minimum atomic E-state index is -0.247. The Kier molecular flexibility index (Phi) is 2.92. The third kappa shape index (κ3) is 2.18. The van der Waals surface area contributed by atoms with E-state index in [4.69, 9.17) is 4.74 Å². The van der Waals surface area contributed by atoms with Crippen LogP contribution in [0.1, 0.15) is 24.4 Å². The first-order valence-corrected chi connectivity index (χ1v) is 6.51. The molecule has 0 aliphatic heterocycles. The highest BCUT2D eigenvalue weighted by molar-refractivity contribution is 5.86. The van der Waals surface area contributed by atoms with Gasteiger partial charge in [-0.2, -0.15) is 5.26 Å². The van der Waals surface area contributed by atoms with Crippen LogP contribution < -0.4 is 10.1 Å². The fraction of sp³-hybridized carbons (Fsp3) is 0.400. The van der Waals surface area contributed by atoms with Crippen molar-refractivity contribution in [2.24, 2.45) is 7.05 Å². The van der Waals surface area contributed by atoms with E-state index in [2.05, 4.69) is 16.0 Å². The summed E-state index contributed by atoms with van der Waals surface area (Å²) in [7, 11) is 3.66. The van der Waals surface area contributed by atoms with Gasteiger partial charge in [0, 0.05) is 35.8 Å². The van der Waals surface area contributed by atoms with E-state index in [0.717, 1.165) is 22.2 Å². The van der Waals surface area contributed by atoms with E-state index in [1.54, 1.807) is 7.11 Å². The molecule has 0 saturated heterocycles. The van der Waals surface area contributed by atoms with Crippen LogP contribution in [0.25, 0.3) is 10.9 Å². The van der Waals surface area contributed by atoms with Gasteiger partial charge in [0.1, 0.15) is 11.8 Å². The molecular formula is C15H17N3O. The molecule has 4 heteroatoms. The lowest BCUT2D eigenvalue weighted by molar-refractivity contribution is 0.415. The van der Waals surface area contributed by atoms with Gasteiger partial charge < -0.3 is 9.30 Å². The molecule has 4 nitrogen and oxygen atoms in total. The summed E-state index contributed by atoms with van der Waals surface area (Å²) in [5, 5.41) is 13.9. The molecule has 1 fully saturated rings. The number of nitriles is 1. The zero-order chi connectivity index (χ0) is 13.4. The number of aryl methyl sites for hydroxylation is 1. The molecule has 1 aliphatic rings. The molecule has 1 atom stereocenters. The van der Waals surface area contributed by atoms with Crippen molar-refractivity contribution in [3.8, 4) is 11.8 Å². The number of hydrogen-bond donors (Lipinski definition) is 1. The highest BCUT2D eigenvalue weighted by atomic mass is 16.5. The van der Waals surface area contributed by atoms with Gasteiger partial charge in [0.2, 0.25) is 0 Å². The maximum atomic E-state index is 9.40. The summed E-state index contributed by atoms with van der Waals surface area (Å²) < 4.78 is 7.34. The third-order valence-electron chi connectivity index (χ3n) is 3.65.